The quantitative estimate of drug-likeness (QED) is 0.894. The molecule has 2 aliphatic rings. The number of hydrogen-bond acceptors (Lipinski definition) is 3. The van der Waals surface area contributed by atoms with Crippen molar-refractivity contribution in [2.75, 3.05) is 13.2 Å². The summed E-state index contributed by atoms with van der Waals surface area (Å²) in [6, 6.07) is 10.0. The Balaban J connectivity index is 0.00000176. The molecule has 1 aliphatic heterocycles. The van der Waals surface area contributed by atoms with Gasteiger partial charge < -0.3 is 15.8 Å². The van der Waals surface area contributed by atoms with E-state index < -0.39 is 0 Å². The summed E-state index contributed by atoms with van der Waals surface area (Å²) in [4.78, 5) is 12.5. The predicted octanol–water partition coefficient (Wildman–Crippen LogP) is 2.57. The zero-order valence-electron chi connectivity index (χ0n) is 12.8. The largest absolute Gasteiger partial charge is 0.373 e. The number of halogens is 1. The average Bonchev–Trinajstić information content (AvgIpc) is 2.51. The van der Waals surface area contributed by atoms with Crippen LogP contribution in [0.4, 0.5) is 0 Å². The fraction of sp³-hybridized carbons (Fsp3) is 0.588. The van der Waals surface area contributed by atoms with Gasteiger partial charge in [-0.2, -0.15) is 0 Å². The van der Waals surface area contributed by atoms with Gasteiger partial charge >= 0.3 is 0 Å². The Morgan fingerprint density at radius 3 is 2.64 bits per heavy atom. The molecule has 0 bridgehead atoms. The van der Waals surface area contributed by atoms with Gasteiger partial charge in [-0.3, -0.25) is 4.79 Å². The summed E-state index contributed by atoms with van der Waals surface area (Å²) in [5, 5.41) is 3.05. The molecule has 3 N–H and O–H groups in total. The van der Waals surface area contributed by atoms with E-state index in [1.165, 1.54) is 6.42 Å². The van der Waals surface area contributed by atoms with E-state index in [-0.39, 0.29) is 35.9 Å². The fourth-order valence-corrected chi connectivity index (χ4v) is 3.22. The highest BCUT2D eigenvalue weighted by Crippen LogP contribution is 2.34. The highest BCUT2D eigenvalue weighted by molar-refractivity contribution is 5.85. The van der Waals surface area contributed by atoms with Crippen LogP contribution >= 0.6 is 12.4 Å². The van der Waals surface area contributed by atoms with Crippen molar-refractivity contribution in [1.29, 1.82) is 0 Å². The lowest BCUT2D eigenvalue weighted by molar-refractivity contribution is -0.135. The lowest BCUT2D eigenvalue weighted by Gasteiger charge is -2.39. The van der Waals surface area contributed by atoms with Crippen LogP contribution in [-0.2, 0) is 9.53 Å². The minimum Gasteiger partial charge on any atom is -0.373 e. The topological polar surface area (TPSA) is 64.3 Å². The molecule has 2 atom stereocenters. The van der Waals surface area contributed by atoms with E-state index in [9.17, 15) is 4.79 Å². The minimum atomic E-state index is -0.173. The third-order valence-corrected chi connectivity index (χ3v) is 4.75. The van der Waals surface area contributed by atoms with Gasteiger partial charge in [0, 0.05) is 18.7 Å². The number of nitrogens with one attached hydrogen (secondary N) is 1. The Morgan fingerprint density at radius 2 is 2.00 bits per heavy atom. The van der Waals surface area contributed by atoms with Crippen LogP contribution in [0.2, 0.25) is 0 Å². The molecule has 0 radical (unpaired) electrons. The number of amides is 1. The Labute approximate surface area is 138 Å². The molecule has 1 amide bonds. The van der Waals surface area contributed by atoms with E-state index in [4.69, 9.17) is 10.5 Å². The van der Waals surface area contributed by atoms with Gasteiger partial charge in [0.25, 0.3) is 0 Å². The number of carbonyl (C=O) groups is 1. The second kappa shape index (κ2) is 7.44. The van der Waals surface area contributed by atoms with Crippen molar-refractivity contribution in [3.05, 3.63) is 35.9 Å². The molecule has 1 saturated heterocycles. The van der Waals surface area contributed by atoms with Gasteiger partial charge in [0.2, 0.25) is 5.91 Å². The molecule has 1 saturated carbocycles. The lowest BCUT2D eigenvalue weighted by Crippen LogP contribution is -2.56. The van der Waals surface area contributed by atoms with Crippen molar-refractivity contribution in [2.24, 2.45) is 11.7 Å². The summed E-state index contributed by atoms with van der Waals surface area (Å²) in [5.41, 5.74) is 7.09. The molecule has 1 heterocycles. The standard InChI is InChI=1S/C17H24N2O2.ClH/c18-17(9-5-10-17)12-19-16(20)14-8-4-11-21-15(14)13-6-2-1-3-7-13;/h1-3,6-7,14-15H,4-5,8-12,18H2,(H,19,20);1H. The minimum absolute atomic E-state index is 0. The highest BCUT2D eigenvalue weighted by Gasteiger charge is 2.36. The van der Waals surface area contributed by atoms with Crippen LogP contribution in [0.25, 0.3) is 0 Å². The second-order valence-electron chi connectivity index (χ2n) is 6.38. The van der Waals surface area contributed by atoms with Gasteiger partial charge in [-0.25, -0.2) is 0 Å². The van der Waals surface area contributed by atoms with Crippen LogP contribution in [0.3, 0.4) is 0 Å². The van der Waals surface area contributed by atoms with E-state index in [2.05, 4.69) is 5.32 Å². The van der Waals surface area contributed by atoms with Crippen molar-refractivity contribution in [3.8, 4) is 0 Å². The molecule has 22 heavy (non-hydrogen) atoms. The Morgan fingerprint density at radius 1 is 1.27 bits per heavy atom. The summed E-state index contributed by atoms with van der Waals surface area (Å²) in [7, 11) is 0. The number of hydrogen-bond donors (Lipinski definition) is 2. The smallest absolute Gasteiger partial charge is 0.226 e. The van der Waals surface area contributed by atoms with Crippen LogP contribution in [0, 0.1) is 5.92 Å². The Bertz CT molecular complexity index is 491. The molecule has 0 spiro atoms. The summed E-state index contributed by atoms with van der Waals surface area (Å²) >= 11 is 0. The Hall–Kier alpha value is -1.10. The van der Waals surface area contributed by atoms with Crippen LogP contribution in [0.15, 0.2) is 30.3 Å². The fourth-order valence-electron chi connectivity index (χ4n) is 3.22. The van der Waals surface area contributed by atoms with Gasteiger partial charge in [-0.1, -0.05) is 30.3 Å². The summed E-state index contributed by atoms with van der Waals surface area (Å²) < 4.78 is 5.88. The van der Waals surface area contributed by atoms with Crippen molar-refractivity contribution >= 4 is 18.3 Å². The van der Waals surface area contributed by atoms with Gasteiger partial charge in [0.15, 0.2) is 0 Å². The molecule has 1 aliphatic carbocycles. The van der Waals surface area contributed by atoms with Crippen LogP contribution in [0.5, 0.6) is 0 Å². The first kappa shape index (κ1) is 17.3. The van der Waals surface area contributed by atoms with Crippen molar-refractivity contribution in [2.45, 2.75) is 43.7 Å². The van der Waals surface area contributed by atoms with Crippen molar-refractivity contribution in [3.63, 3.8) is 0 Å². The maximum Gasteiger partial charge on any atom is 0.226 e. The predicted molar refractivity (Wildman–Crippen MR) is 88.9 cm³/mol. The van der Waals surface area contributed by atoms with E-state index in [1.54, 1.807) is 0 Å². The van der Waals surface area contributed by atoms with Gasteiger partial charge in [0.05, 0.1) is 12.0 Å². The van der Waals surface area contributed by atoms with Gasteiger partial charge in [-0.05, 0) is 37.7 Å². The average molecular weight is 325 g/mol. The third-order valence-electron chi connectivity index (χ3n) is 4.75. The normalized spacial score (nSPS) is 26.4. The number of benzene rings is 1. The highest BCUT2D eigenvalue weighted by atomic mass is 35.5. The molecular weight excluding hydrogens is 300 g/mol. The number of nitrogens with two attached hydrogens (primary N) is 1. The number of ether oxygens (including phenoxy) is 1. The zero-order valence-corrected chi connectivity index (χ0v) is 13.6. The maximum absolute atomic E-state index is 12.5. The SMILES string of the molecule is Cl.NC1(CNC(=O)C2CCCOC2c2ccccc2)CCC1. The van der Waals surface area contributed by atoms with E-state index in [0.717, 1.165) is 37.9 Å². The van der Waals surface area contributed by atoms with Crippen molar-refractivity contribution in [1.82, 2.24) is 5.32 Å². The Kier molecular flexibility index (Phi) is 5.84. The lowest BCUT2D eigenvalue weighted by atomic mass is 9.77. The first-order valence-corrected chi connectivity index (χ1v) is 7.91. The molecule has 1 aromatic rings. The van der Waals surface area contributed by atoms with Crippen LogP contribution in [-0.4, -0.2) is 24.6 Å². The van der Waals surface area contributed by atoms with Crippen LogP contribution in [0.1, 0.15) is 43.8 Å². The maximum atomic E-state index is 12.5. The van der Waals surface area contributed by atoms with Crippen molar-refractivity contribution < 1.29 is 9.53 Å². The molecule has 0 aromatic heterocycles. The monoisotopic (exact) mass is 324 g/mol. The molecule has 1 aromatic carbocycles. The molecule has 4 nitrogen and oxygen atoms in total. The van der Waals surface area contributed by atoms with E-state index >= 15 is 0 Å². The summed E-state index contributed by atoms with van der Waals surface area (Å²) in [6.45, 7) is 1.31. The summed E-state index contributed by atoms with van der Waals surface area (Å²) in [5.74, 6) is -0.0231. The molecule has 2 fully saturated rings. The number of rotatable bonds is 4. The molecule has 2 unspecified atom stereocenters. The molecule has 122 valence electrons. The van der Waals surface area contributed by atoms with Gasteiger partial charge in [0.1, 0.15) is 0 Å². The molecule has 5 heteroatoms. The summed E-state index contributed by atoms with van der Waals surface area (Å²) in [6.07, 6.45) is 4.88. The third kappa shape index (κ3) is 3.80. The first-order valence-electron chi connectivity index (χ1n) is 7.91. The zero-order chi connectivity index (χ0) is 14.7. The molecular formula is C17H25ClN2O2. The van der Waals surface area contributed by atoms with Gasteiger partial charge in [-0.15, -0.1) is 12.4 Å². The van der Waals surface area contributed by atoms with Crippen LogP contribution < -0.4 is 11.1 Å². The first-order chi connectivity index (χ1) is 10.2. The second-order valence-corrected chi connectivity index (χ2v) is 6.38. The van der Waals surface area contributed by atoms with E-state index in [1.807, 2.05) is 30.3 Å². The number of carbonyl (C=O) groups excluding carboxylic acids is 1. The van der Waals surface area contributed by atoms with E-state index in [0.29, 0.717) is 6.54 Å². The molecule has 3 rings (SSSR count).